The quantitative estimate of drug-likeness (QED) is 0.660. The normalized spacial score (nSPS) is 11.4. The molecule has 0 unspecified atom stereocenters. The fourth-order valence-corrected chi connectivity index (χ4v) is 0.938. The SMILES string of the molecule is CC(C)(C)[O][Al+][O]C(C)(C)C.CC[O-]. The maximum Gasteiger partial charge on any atom is -0.0809 e. The molecule has 4 heteroatoms. The Balaban J connectivity index is 0. The summed E-state index contributed by atoms with van der Waals surface area (Å²) in [4.78, 5) is 0. The Labute approximate surface area is 95.2 Å². The number of hydrogen-bond acceptors (Lipinski definition) is 3. The van der Waals surface area contributed by atoms with Crippen LogP contribution in [0.2, 0.25) is 0 Å². The molecule has 0 heterocycles. The Morgan fingerprint density at radius 1 is 0.929 bits per heavy atom. The van der Waals surface area contributed by atoms with Gasteiger partial charge in [-0.05, 0) is 0 Å². The summed E-state index contributed by atoms with van der Waals surface area (Å²) in [7, 11) is 0. The first kappa shape index (κ1) is 16.8. The van der Waals surface area contributed by atoms with Crippen LogP contribution in [-0.4, -0.2) is 33.7 Å². The fourth-order valence-electron chi connectivity index (χ4n) is 0.313. The van der Waals surface area contributed by atoms with Gasteiger partial charge in [0.2, 0.25) is 0 Å². The van der Waals surface area contributed by atoms with Crippen LogP contribution >= 0.6 is 0 Å². The van der Waals surface area contributed by atoms with E-state index >= 15 is 0 Å². The second kappa shape index (κ2) is 7.67. The van der Waals surface area contributed by atoms with Crippen molar-refractivity contribution in [3.63, 3.8) is 0 Å². The van der Waals surface area contributed by atoms with Crippen molar-refractivity contribution in [2.75, 3.05) is 6.61 Å². The molecule has 0 aromatic carbocycles. The summed E-state index contributed by atoms with van der Waals surface area (Å²) in [5.74, 6) is 0. The molecule has 0 N–H and O–H groups in total. The molecule has 0 aliphatic rings. The van der Waals surface area contributed by atoms with Gasteiger partial charge in [0, 0.05) is 0 Å². The maximum absolute atomic E-state index is 8.93. The fraction of sp³-hybridized carbons (Fsp3) is 1.00. The van der Waals surface area contributed by atoms with Crippen LogP contribution in [0.25, 0.3) is 0 Å². The Morgan fingerprint density at radius 2 is 1.14 bits per heavy atom. The minimum Gasteiger partial charge on any atom is -0.855 e. The Morgan fingerprint density at radius 3 is 1.29 bits per heavy atom. The molecule has 14 heavy (non-hydrogen) atoms. The van der Waals surface area contributed by atoms with Crippen LogP contribution in [0.5, 0.6) is 0 Å². The van der Waals surface area contributed by atoms with Crippen LogP contribution in [0, 0.1) is 0 Å². The standard InChI is InChI=1S/2C4H9O.C2H5O.Al/c2*1-4(2,3)5;1-2-3;/h2*1-3H3;2H2,1H3;/q3*-1;+3. The molecule has 0 saturated carbocycles. The molecular weight excluding hydrogens is 195 g/mol. The van der Waals surface area contributed by atoms with Gasteiger partial charge in [0.1, 0.15) is 0 Å². The number of hydrogen-bond donors (Lipinski definition) is 0. The van der Waals surface area contributed by atoms with E-state index in [1.807, 2.05) is 41.5 Å². The molecule has 0 saturated heterocycles. The van der Waals surface area contributed by atoms with Gasteiger partial charge in [0.25, 0.3) is 0 Å². The Bertz CT molecular complexity index is 110. The van der Waals surface area contributed by atoms with Crippen LogP contribution in [0.1, 0.15) is 48.5 Å². The molecule has 0 rings (SSSR count). The van der Waals surface area contributed by atoms with Gasteiger partial charge in [-0.2, -0.15) is 0 Å². The topological polar surface area (TPSA) is 41.5 Å². The summed E-state index contributed by atoms with van der Waals surface area (Å²) in [5.41, 5.74) is -0.138. The monoisotopic (exact) mass is 218 g/mol. The summed E-state index contributed by atoms with van der Waals surface area (Å²) in [6.07, 6.45) is 0. The second-order valence-corrected chi connectivity index (χ2v) is 5.51. The van der Waals surface area contributed by atoms with Crippen molar-refractivity contribution in [1.82, 2.24) is 0 Å². The van der Waals surface area contributed by atoms with Crippen LogP contribution in [0.3, 0.4) is 0 Å². The summed E-state index contributed by atoms with van der Waals surface area (Å²) in [6.45, 7) is 13.8. The number of rotatable bonds is 2. The van der Waals surface area contributed by atoms with Crippen molar-refractivity contribution >= 4 is 15.9 Å². The van der Waals surface area contributed by atoms with E-state index in [1.54, 1.807) is 6.92 Å². The average Bonchev–Trinajstić information content (AvgIpc) is 1.81. The summed E-state index contributed by atoms with van der Waals surface area (Å²) in [6, 6.07) is 0. The van der Waals surface area contributed by atoms with Gasteiger partial charge in [-0.1, -0.05) is 6.92 Å². The minimum atomic E-state index is -0.331. The van der Waals surface area contributed by atoms with E-state index in [2.05, 4.69) is 0 Å². The molecule has 0 aromatic heterocycles. The molecule has 84 valence electrons. The van der Waals surface area contributed by atoms with Gasteiger partial charge >= 0.3 is 76.2 Å². The molecule has 0 aliphatic heterocycles. The zero-order valence-electron chi connectivity index (χ0n) is 10.5. The van der Waals surface area contributed by atoms with Gasteiger partial charge < -0.3 is 5.11 Å². The van der Waals surface area contributed by atoms with E-state index in [4.69, 9.17) is 12.7 Å². The second-order valence-electron chi connectivity index (χ2n) is 4.85. The third-order valence-electron chi connectivity index (χ3n) is 0.803. The molecule has 0 radical (unpaired) electrons. The Hall–Kier alpha value is 0.412. The minimum absolute atomic E-state index is 0. The first-order chi connectivity index (χ1) is 6.12. The summed E-state index contributed by atoms with van der Waals surface area (Å²) in [5, 5.41) is 8.93. The average molecular weight is 218 g/mol. The van der Waals surface area contributed by atoms with E-state index in [1.165, 1.54) is 0 Å². The van der Waals surface area contributed by atoms with Gasteiger partial charge in [-0.15, -0.1) is 6.61 Å². The van der Waals surface area contributed by atoms with Crippen molar-refractivity contribution in [3.8, 4) is 0 Å². The van der Waals surface area contributed by atoms with Crippen LogP contribution in [0.4, 0.5) is 0 Å². The molecule has 0 bridgehead atoms. The van der Waals surface area contributed by atoms with Crippen molar-refractivity contribution in [2.24, 2.45) is 0 Å². The third-order valence-corrected chi connectivity index (χ3v) is 2.41. The summed E-state index contributed by atoms with van der Waals surface area (Å²) < 4.78 is 10.9. The molecule has 0 atom stereocenters. The van der Waals surface area contributed by atoms with Crippen LogP contribution in [0.15, 0.2) is 0 Å². The van der Waals surface area contributed by atoms with E-state index in [0.29, 0.717) is 0 Å². The van der Waals surface area contributed by atoms with Crippen LogP contribution < -0.4 is 5.11 Å². The van der Waals surface area contributed by atoms with Gasteiger partial charge in [-0.3, -0.25) is 0 Å². The van der Waals surface area contributed by atoms with Gasteiger partial charge in [-0.25, -0.2) is 0 Å². The van der Waals surface area contributed by atoms with Crippen molar-refractivity contribution in [1.29, 1.82) is 0 Å². The third kappa shape index (κ3) is 22.8. The smallest absolute Gasteiger partial charge is 0.0809 e. The molecule has 0 fully saturated rings. The maximum atomic E-state index is 8.93. The molecular formula is C10H23AlO3. The van der Waals surface area contributed by atoms with Crippen molar-refractivity contribution in [3.05, 3.63) is 0 Å². The molecule has 0 amide bonds. The summed E-state index contributed by atoms with van der Waals surface area (Å²) >= 11 is -0.331. The predicted molar refractivity (Wildman–Crippen MR) is 58.0 cm³/mol. The Kier molecular flexibility index (Phi) is 9.22. The van der Waals surface area contributed by atoms with Crippen molar-refractivity contribution < 1.29 is 12.7 Å². The van der Waals surface area contributed by atoms with E-state index in [0.717, 1.165) is 0 Å². The zero-order chi connectivity index (χ0) is 11.8. The molecule has 0 aromatic rings. The first-order valence-electron chi connectivity index (χ1n) is 4.88. The first-order valence-corrected chi connectivity index (χ1v) is 5.82. The van der Waals surface area contributed by atoms with Crippen molar-refractivity contribution in [2.45, 2.75) is 59.7 Å². The van der Waals surface area contributed by atoms with E-state index < -0.39 is 0 Å². The van der Waals surface area contributed by atoms with E-state index in [9.17, 15) is 0 Å². The molecule has 3 nitrogen and oxygen atoms in total. The van der Waals surface area contributed by atoms with Crippen LogP contribution in [-0.2, 0) is 7.58 Å². The molecule has 0 spiro atoms. The predicted octanol–water partition coefficient (Wildman–Crippen LogP) is 1.52. The largest absolute Gasteiger partial charge is 0.855 e. The van der Waals surface area contributed by atoms with E-state index in [-0.39, 0.29) is 33.7 Å². The van der Waals surface area contributed by atoms with Gasteiger partial charge in [0.15, 0.2) is 0 Å². The zero-order valence-corrected chi connectivity index (χ0v) is 11.7. The molecule has 0 aliphatic carbocycles. The van der Waals surface area contributed by atoms with Gasteiger partial charge in [0.05, 0.1) is 0 Å².